The summed E-state index contributed by atoms with van der Waals surface area (Å²) in [6, 6.07) is 3.46. The van der Waals surface area contributed by atoms with Gasteiger partial charge in [0.05, 0.1) is 0 Å². The van der Waals surface area contributed by atoms with Gasteiger partial charge in [-0.15, -0.1) is 0 Å². The molecule has 1 atom stereocenters. The largest absolute Gasteiger partial charge is 0.385 e. The van der Waals surface area contributed by atoms with E-state index in [4.69, 9.17) is 0 Å². The minimum absolute atomic E-state index is 0.0469. The number of hydrogen-bond donors (Lipinski definition) is 1. The molecule has 0 heterocycles. The second-order valence-electron chi connectivity index (χ2n) is 4.83. The van der Waals surface area contributed by atoms with E-state index in [9.17, 15) is 17.6 Å². The van der Waals surface area contributed by atoms with E-state index >= 15 is 0 Å². The van der Waals surface area contributed by atoms with E-state index in [2.05, 4.69) is 5.32 Å². The van der Waals surface area contributed by atoms with Crippen molar-refractivity contribution in [2.45, 2.75) is 31.6 Å². The number of rotatable bonds is 3. The highest BCUT2D eigenvalue weighted by Crippen LogP contribution is 2.36. The minimum atomic E-state index is -2.58. The van der Waals surface area contributed by atoms with Gasteiger partial charge in [0.2, 0.25) is 5.92 Å². The average Bonchev–Trinajstić information content (AvgIpc) is 2.29. The van der Waals surface area contributed by atoms with Gasteiger partial charge in [0.1, 0.15) is 0 Å². The van der Waals surface area contributed by atoms with Gasteiger partial charge >= 0.3 is 0 Å². The lowest BCUT2D eigenvalue weighted by molar-refractivity contribution is -0.0502. The predicted octanol–water partition coefficient (Wildman–Crippen LogP) is 4.20. The van der Waals surface area contributed by atoms with Gasteiger partial charge in [0.25, 0.3) is 0 Å². The Hall–Kier alpha value is -1.26. The smallest absolute Gasteiger partial charge is 0.248 e. The van der Waals surface area contributed by atoms with Crippen LogP contribution < -0.4 is 5.32 Å². The van der Waals surface area contributed by atoms with Crippen LogP contribution in [0.2, 0.25) is 0 Å². The molecule has 1 unspecified atom stereocenters. The first-order valence-electron chi connectivity index (χ1n) is 6.03. The van der Waals surface area contributed by atoms with Crippen LogP contribution in [-0.2, 0) is 0 Å². The Morgan fingerprint density at radius 1 is 1.22 bits per heavy atom. The number of anilines is 1. The zero-order valence-electron chi connectivity index (χ0n) is 9.86. The number of nitrogens with one attached hydrogen (secondary N) is 1. The fraction of sp³-hybridized carbons (Fsp3) is 0.538. The molecular formula is C13H15F4N. The summed E-state index contributed by atoms with van der Waals surface area (Å²) >= 11 is 0. The maximum atomic E-state index is 13.2. The quantitative estimate of drug-likeness (QED) is 0.804. The summed E-state index contributed by atoms with van der Waals surface area (Å²) < 4.78 is 51.9. The number of alkyl halides is 2. The minimum Gasteiger partial charge on any atom is -0.385 e. The molecule has 0 aliphatic heterocycles. The highest BCUT2D eigenvalue weighted by atomic mass is 19.3. The van der Waals surface area contributed by atoms with Gasteiger partial charge in [0.15, 0.2) is 11.6 Å². The summed E-state index contributed by atoms with van der Waals surface area (Å²) in [5, 5.41) is 2.88. The molecule has 18 heavy (non-hydrogen) atoms. The lowest BCUT2D eigenvalue weighted by Crippen LogP contribution is -2.29. The molecule has 0 spiro atoms. The summed E-state index contributed by atoms with van der Waals surface area (Å²) in [5.74, 6) is -4.56. The second kappa shape index (κ2) is 5.16. The molecule has 2 rings (SSSR count). The molecule has 5 heteroatoms. The zero-order valence-corrected chi connectivity index (χ0v) is 9.86. The van der Waals surface area contributed by atoms with Crippen molar-refractivity contribution >= 4 is 5.69 Å². The summed E-state index contributed by atoms with van der Waals surface area (Å²) in [6.45, 7) is 0.362. The maximum absolute atomic E-state index is 13.2. The van der Waals surface area contributed by atoms with Crippen molar-refractivity contribution in [3.8, 4) is 0 Å². The molecule has 1 saturated carbocycles. The molecule has 1 N–H and O–H groups in total. The first kappa shape index (κ1) is 13.2. The Balaban J connectivity index is 1.89. The van der Waals surface area contributed by atoms with Crippen molar-refractivity contribution < 1.29 is 17.6 Å². The van der Waals surface area contributed by atoms with Gasteiger partial charge in [-0.3, -0.25) is 0 Å². The second-order valence-corrected chi connectivity index (χ2v) is 4.83. The fourth-order valence-corrected chi connectivity index (χ4v) is 2.32. The van der Waals surface area contributed by atoms with E-state index in [1.165, 1.54) is 6.07 Å². The van der Waals surface area contributed by atoms with Crippen LogP contribution in [0.25, 0.3) is 0 Å². The van der Waals surface area contributed by atoms with Crippen molar-refractivity contribution in [2.24, 2.45) is 5.92 Å². The van der Waals surface area contributed by atoms with Gasteiger partial charge in [-0.05, 0) is 37.0 Å². The van der Waals surface area contributed by atoms with Crippen molar-refractivity contribution in [1.29, 1.82) is 0 Å². The summed E-state index contributed by atoms with van der Waals surface area (Å²) in [5.41, 5.74) is 0.419. The van der Waals surface area contributed by atoms with Crippen LogP contribution in [-0.4, -0.2) is 12.5 Å². The highest BCUT2D eigenvalue weighted by Gasteiger charge is 2.35. The van der Waals surface area contributed by atoms with Gasteiger partial charge in [-0.25, -0.2) is 17.6 Å². The Bertz CT molecular complexity index is 419. The third-order valence-electron chi connectivity index (χ3n) is 3.26. The Morgan fingerprint density at radius 3 is 2.67 bits per heavy atom. The van der Waals surface area contributed by atoms with E-state index in [0.717, 1.165) is 18.6 Å². The van der Waals surface area contributed by atoms with E-state index in [0.29, 0.717) is 18.7 Å². The molecule has 1 aromatic rings. The Labute approximate surface area is 103 Å². The number of benzene rings is 1. The first-order valence-corrected chi connectivity index (χ1v) is 6.03. The number of halogens is 4. The predicted molar refractivity (Wildman–Crippen MR) is 61.8 cm³/mol. The lowest BCUT2D eigenvalue weighted by Gasteiger charge is -2.29. The fourth-order valence-electron chi connectivity index (χ4n) is 2.32. The molecule has 0 bridgehead atoms. The molecule has 1 aliphatic rings. The average molecular weight is 261 g/mol. The van der Waals surface area contributed by atoms with Gasteiger partial charge in [-0.2, -0.15) is 0 Å². The third kappa shape index (κ3) is 3.37. The normalized spacial score (nSPS) is 22.8. The van der Waals surface area contributed by atoms with E-state index < -0.39 is 17.6 Å². The van der Waals surface area contributed by atoms with Crippen LogP contribution in [0, 0.1) is 17.6 Å². The monoisotopic (exact) mass is 261 g/mol. The lowest BCUT2D eigenvalue weighted by atomic mass is 9.86. The van der Waals surface area contributed by atoms with E-state index in [1.54, 1.807) is 0 Å². The van der Waals surface area contributed by atoms with Gasteiger partial charge in [0, 0.05) is 25.1 Å². The highest BCUT2D eigenvalue weighted by molar-refractivity contribution is 5.43. The van der Waals surface area contributed by atoms with E-state index in [-0.39, 0.29) is 18.8 Å². The zero-order chi connectivity index (χ0) is 13.2. The third-order valence-corrected chi connectivity index (χ3v) is 3.26. The van der Waals surface area contributed by atoms with Crippen molar-refractivity contribution in [1.82, 2.24) is 0 Å². The SMILES string of the molecule is Fc1ccc(NCC2CCCC(F)(F)C2)cc1F. The van der Waals surface area contributed by atoms with Gasteiger partial charge in [-0.1, -0.05) is 0 Å². The first-order chi connectivity index (χ1) is 8.46. The summed E-state index contributed by atoms with van der Waals surface area (Å²) in [6.07, 6.45) is 1.07. The molecule has 1 aromatic carbocycles. The maximum Gasteiger partial charge on any atom is 0.248 e. The standard InChI is InChI=1S/C13H15F4N/c14-11-4-3-10(6-12(11)15)18-8-9-2-1-5-13(16,17)7-9/h3-4,6,9,18H,1-2,5,7-8H2. The van der Waals surface area contributed by atoms with Crippen molar-refractivity contribution in [3.63, 3.8) is 0 Å². The van der Waals surface area contributed by atoms with Crippen molar-refractivity contribution in [2.75, 3.05) is 11.9 Å². The van der Waals surface area contributed by atoms with Crippen LogP contribution in [0.5, 0.6) is 0 Å². The topological polar surface area (TPSA) is 12.0 Å². The molecule has 100 valence electrons. The Kier molecular flexibility index (Phi) is 3.78. The van der Waals surface area contributed by atoms with E-state index in [1.807, 2.05) is 0 Å². The molecular weight excluding hydrogens is 246 g/mol. The van der Waals surface area contributed by atoms with Crippen LogP contribution in [0.15, 0.2) is 18.2 Å². The summed E-state index contributed by atoms with van der Waals surface area (Å²) in [4.78, 5) is 0. The molecule has 1 fully saturated rings. The Morgan fingerprint density at radius 2 is 2.00 bits per heavy atom. The van der Waals surface area contributed by atoms with Crippen molar-refractivity contribution in [3.05, 3.63) is 29.8 Å². The molecule has 1 nitrogen and oxygen atoms in total. The molecule has 0 radical (unpaired) electrons. The van der Waals surface area contributed by atoms with Crippen LogP contribution in [0.1, 0.15) is 25.7 Å². The van der Waals surface area contributed by atoms with Gasteiger partial charge < -0.3 is 5.32 Å². The molecule has 0 amide bonds. The summed E-state index contributed by atoms with van der Waals surface area (Å²) in [7, 11) is 0. The van der Waals surface area contributed by atoms with Crippen LogP contribution >= 0.6 is 0 Å². The molecule has 1 aliphatic carbocycles. The van der Waals surface area contributed by atoms with Crippen LogP contribution in [0.3, 0.4) is 0 Å². The van der Waals surface area contributed by atoms with Crippen LogP contribution in [0.4, 0.5) is 23.2 Å². The molecule has 0 saturated heterocycles. The molecule has 0 aromatic heterocycles. The number of hydrogen-bond acceptors (Lipinski definition) is 1.